The van der Waals surface area contributed by atoms with Gasteiger partial charge in [-0.1, -0.05) is 26.0 Å². The molecule has 1 aromatic heterocycles. The summed E-state index contributed by atoms with van der Waals surface area (Å²) in [6, 6.07) is 0. The van der Waals surface area contributed by atoms with Crippen LogP contribution in [0.5, 0.6) is 0 Å². The van der Waals surface area contributed by atoms with Crippen LogP contribution in [0.1, 0.15) is 43.8 Å². The predicted molar refractivity (Wildman–Crippen MR) is 84.8 cm³/mol. The van der Waals surface area contributed by atoms with Crippen molar-refractivity contribution < 1.29 is 4.74 Å². The average molecular weight is 294 g/mol. The van der Waals surface area contributed by atoms with Crippen molar-refractivity contribution in [3.63, 3.8) is 0 Å². The molecule has 0 aliphatic heterocycles. The molecule has 0 radical (unpaired) electrons. The highest BCUT2D eigenvalue weighted by atomic mass is 32.1. The zero-order valence-corrected chi connectivity index (χ0v) is 13.4. The molecule has 0 aromatic carbocycles. The van der Waals surface area contributed by atoms with E-state index in [1.54, 1.807) is 11.3 Å². The summed E-state index contributed by atoms with van der Waals surface area (Å²) in [7, 11) is 0. The van der Waals surface area contributed by atoms with E-state index in [1.807, 2.05) is 0 Å². The van der Waals surface area contributed by atoms with Crippen molar-refractivity contribution in [2.75, 3.05) is 13.2 Å². The third-order valence-corrected chi connectivity index (χ3v) is 4.70. The summed E-state index contributed by atoms with van der Waals surface area (Å²) in [6.07, 6.45) is 8.09. The Labute approximate surface area is 126 Å². The Morgan fingerprint density at radius 2 is 2.25 bits per heavy atom. The van der Waals surface area contributed by atoms with Crippen molar-refractivity contribution in [1.82, 2.24) is 10.3 Å². The first-order chi connectivity index (χ1) is 9.79. The fraction of sp³-hybridized carbons (Fsp3) is 0.688. The van der Waals surface area contributed by atoms with Crippen molar-refractivity contribution in [2.45, 2.75) is 46.3 Å². The Morgan fingerprint density at radius 3 is 3.05 bits per heavy atom. The van der Waals surface area contributed by atoms with E-state index in [0.717, 1.165) is 49.2 Å². The smallest absolute Gasteiger partial charge is 0.107 e. The second-order valence-corrected chi connectivity index (χ2v) is 6.55. The van der Waals surface area contributed by atoms with Crippen molar-refractivity contribution in [3.05, 3.63) is 28.2 Å². The normalized spacial score (nSPS) is 22.3. The van der Waals surface area contributed by atoms with E-state index in [9.17, 15) is 0 Å². The lowest BCUT2D eigenvalue weighted by Gasteiger charge is -2.24. The Balaban J connectivity index is 1.67. The summed E-state index contributed by atoms with van der Waals surface area (Å²) >= 11 is 1.72. The molecule has 0 saturated carbocycles. The highest BCUT2D eigenvalue weighted by molar-refractivity contribution is 7.09. The molecule has 0 spiro atoms. The van der Waals surface area contributed by atoms with E-state index in [-0.39, 0.29) is 0 Å². The van der Waals surface area contributed by atoms with Gasteiger partial charge in [-0.25, -0.2) is 4.98 Å². The molecule has 1 aromatic rings. The standard InChI is InChI=1S/C16H26N2OS/c1-3-8-17-9-16-18-15(12-20-16)11-19-10-14-7-5-4-6-13(14)2/h4-5,12-14,17H,3,6-11H2,1-2H3. The number of ether oxygens (including phenoxy) is 1. The minimum absolute atomic E-state index is 0.650. The molecule has 1 aliphatic carbocycles. The first-order valence-electron chi connectivity index (χ1n) is 7.66. The number of nitrogens with zero attached hydrogens (tertiary/aromatic N) is 1. The molecule has 20 heavy (non-hydrogen) atoms. The number of thiazole rings is 1. The number of allylic oxidation sites excluding steroid dienone is 2. The van der Waals surface area contributed by atoms with Gasteiger partial charge in [0.15, 0.2) is 0 Å². The van der Waals surface area contributed by atoms with Crippen LogP contribution in [0.3, 0.4) is 0 Å². The molecular weight excluding hydrogens is 268 g/mol. The fourth-order valence-corrected chi connectivity index (χ4v) is 3.17. The predicted octanol–water partition coefficient (Wildman–Crippen LogP) is 3.76. The van der Waals surface area contributed by atoms with Gasteiger partial charge in [0.1, 0.15) is 5.01 Å². The van der Waals surface area contributed by atoms with Crippen LogP contribution in [0.25, 0.3) is 0 Å². The van der Waals surface area contributed by atoms with Gasteiger partial charge < -0.3 is 10.1 Å². The zero-order valence-electron chi connectivity index (χ0n) is 12.6. The molecule has 1 aliphatic rings. The second-order valence-electron chi connectivity index (χ2n) is 5.60. The largest absolute Gasteiger partial charge is 0.375 e. The van der Waals surface area contributed by atoms with Gasteiger partial charge in [-0.05, 0) is 37.6 Å². The first kappa shape index (κ1) is 15.7. The maximum Gasteiger partial charge on any atom is 0.107 e. The summed E-state index contributed by atoms with van der Waals surface area (Å²) in [4.78, 5) is 4.60. The monoisotopic (exact) mass is 294 g/mol. The van der Waals surface area contributed by atoms with Crippen LogP contribution in [0.2, 0.25) is 0 Å². The fourth-order valence-electron chi connectivity index (χ4n) is 2.42. The van der Waals surface area contributed by atoms with Crippen molar-refractivity contribution in [2.24, 2.45) is 11.8 Å². The van der Waals surface area contributed by atoms with Gasteiger partial charge in [0.05, 0.1) is 18.9 Å². The molecule has 2 unspecified atom stereocenters. The maximum absolute atomic E-state index is 5.86. The van der Waals surface area contributed by atoms with Crippen molar-refractivity contribution >= 4 is 11.3 Å². The summed E-state index contributed by atoms with van der Waals surface area (Å²) in [5.41, 5.74) is 1.07. The van der Waals surface area contributed by atoms with Crippen LogP contribution < -0.4 is 5.32 Å². The van der Waals surface area contributed by atoms with Gasteiger partial charge in [0.2, 0.25) is 0 Å². The quantitative estimate of drug-likeness (QED) is 0.585. The molecule has 2 rings (SSSR count). The number of nitrogens with one attached hydrogen (secondary N) is 1. The van der Waals surface area contributed by atoms with Gasteiger partial charge in [0.25, 0.3) is 0 Å². The second kappa shape index (κ2) is 8.55. The van der Waals surface area contributed by atoms with E-state index >= 15 is 0 Å². The zero-order chi connectivity index (χ0) is 14.2. The third kappa shape index (κ3) is 5.00. The van der Waals surface area contributed by atoms with E-state index < -0.39 is 0 Å². The summed E-state index contributed by atoms with van der Waals surface area (Å²) in [5.74, 6) is 1.41. The van der Waals surface area contributed by atoms with Crippen LogP contribution >= 0.6 is 11.3 Å². The molecule has 1 N–H and O–H groups in total. The van der Waals surface area contributed by atoms with E-state index in [0.29, 0.717) is 12.5 Å². The van der Waals surface area contributed by atoms with E-state index in [4.69, 9.17) is 4.74 Å². The topological polar surface area (TPSA) is 34.2 Å². The molecule has 3 nitrogen and oxygen atoms in total. The van der Waals surface area contributed by atoms with Crippen molar-refractivity contribution in [1.29, 1.82) is 0 Å². The molecular formula is C16H26N2OS. The molecule has 4 heteroatoms. The number of aromatic nitrogens is 1. The third-order valence-electron chi connectivity index (χ3n) is 3.80. The lowest BCUT2D eigenvalue weighted by atomic mass is 9.85. The van der Waals surface area contributed by atoms with Crippen LogP contribution in [-0.4, -0.2) is 18.1 Å². The lowest BCUT2D eigenvalue weighted by molar-refractivity contribution is 0.0664. The molecule has 0 bridgehead atoms. The molecule has 0 amide bonds. The minimum atomic E-state index is 0.650. The van der Waals surface area contributed by atoms with Gasteiger partial charge in [-0.15, -0.1) is 11.3 Å². The van der Waals surface area contributed by atoms with Gasteiger partial charge in [-0.2, -0.15) is 0 Å². The summed E-state index contributed by atoms with van der Waals surface area (Å²) < 4.78 is 5.86. The number of hydrogen-bond donors (Lipinski definition) is 1. The molecule has 2 atom stereocenters. The minimum Gasteiger partial charge on any atom is -0.375 e. The highest BCUT2D eigenvalue weighted by Gasteiger charge is 2.18. The molecule has 112 valence electrons. The Kier molecular flexibility index (Phi) is 6.70. The highest BCUT2D eigenvalue weighted by Crippen LogP contribution is 2.25. The van der Waals surface area contributed by atoms with Crippen molar-refractivity contribution in [3.8, 4) is 0 Å². The van der Waals surface area contributed by atoms with Crippen LogP contribution in [0.15, 0.2) is 17.5 Å². The Bertz CT molecular complexity index is 416. The molecule has 1 heterocycles. The van der Waals surface area contributed by atoms with Crippen LogP contribution in [0.4, 0.5) is 0 Å². The maximum atomic E-state index is 5.86. The number of rotatable bonds is 8. The van der Waals surface area contributed by atoms with Gasteiger partial charge >= 0.3 is 0 Å². The Hall–Kier alpha value is -0.710. The van der Waals surface area contributed by atoms with E-state index in [2.05, 4.69) is 41.7 Å². The SMILES string of the molecule is CCCNCc1nc(COCC2CC=CCC2C)cs1. The van der Waals surface area contributed by atoms with E-state index in [1.165, 1.54) is 6.42 Å². The number of hydrogen-bond acceptors (Lipinski definition) is 4. The van der Waals surface area contributed by atoms with Gasteiger partial charge in [0, 0.05) is 11.9 Å². The first-order valence-corrected chi connectivity index (χ1v) is 8.54. The van der Waals surface area contributed by atoms with Crippen LogP contribution in [0, 0.1) is 11.8 Å². The Morgan fingerprint density at radius 1 is 1.40 bits per heavy atom. The lowest BCUT2D eigenvalue weighted by Crippen LogP contribution is -2.19. The van der Waals surface area contributed by atoms with Crippen LogP contribution in [-0.2, 0) is 17.9 Å². The summed E-state index contributed by atoms with van der Waals surface area (Å²) in [6.45, 7) is 7.93. The average Bonchev–Trinajstić information content (AvgIpc) is 2.89. The molecule has 0 fully saturated rings. The molecule has 0 saturated heterocycles. The van der Waals surface area contributed by atoms with Gasteiger partial charge in [-0.3, -0.25) is 0 Å². The summed E-state index contributed by atoms with van der Waals surface area (Å²) in [5, 5.41) is 6.65.